The van der Waals surface area contributed by atoms with Gasteiger partial charge in [0.1, 0.15) is 0 Å². The first-order chi connectivity index (χ1) is 8.70. The van der Waals surface area contributed by atoms with Gasteiger partial charge in [-0.3, -0.25) is 0 Å². The highest BCUT2D eigenvalue weighted by atomic mass is 32.2. The van der Waals surface area contributed by atoms with E-state index in [1.165, 1.54) is 44.9 Å². The minimum atomic E-state index is 0.765. The van der Waals surface area contributed by atoms with Gasteiger partial charge < -0.3 is 5.32 Å². The summed E-state index contributed by atoms with van der Waals surface area (Å²) in [6.45, 7) is 8.31. The topological polar surface area (TPSA) is 12.0 Å². The first-order valence-electron chi connectivity index (χ1n) is 8.09. The molecule has 106 valence electrons. The molecule has 2 heteroatoms. The Morgan fingerprint density at radius 3 is 2.44 bits per heavy atom. The minimum absolute atomic E-state index is 0.765. The normalized spacial score (nSPS) is 38.8. The molecule has 0 heterocycles. The molecule has 1 N–H and O–H groups in total. The van der Waals surface area contributed by atoms with Crippen LogP contribution in [0.1, 0.15) is 65.7 Å². The third kappa shape index (κ3) is 3.90. The van der Waals surface area contributed by atoms with Gasteiger partial charge in [0.25, 0.3) is 0 Å². The maximum Gasteiger partial charge on any atom is 0.0229 e. The maximum absolute atomic E-state index is 3.76. The molecule has 18 heavy (non-hydrogen) atoms. The van der Waals surface area contributed by atoms with Crippen molar-refractivity contribution >= 4 is 11.8 Å². The lowest BCUT2D eigenvalue weighted by atomic mass is 9.80. The Morgan fingerprint density at radius 2 is 1.78 bits per heavy atom. The lowest BCUT2D eigenvalue weighted by molar-refractivity contribution is 0.250. The van der Waals surface area contributed by atoms with E-state index in [1.807, 2.05) is 0 Å². The van der Waals surface area contributed by atoms with E-state index in [2.05, 4.69) is 37.8 Å². The zero-order valence-electron chi connectivity index (χ0n) is 12.5. The standard InChI is InChI=1S/C16H31NS/c1-4-17-15-11-12(2)10-13(3)16(15)18-14-8-6-5-7-9-14/h12-17H,4-11H2,1-3H3. The second-order valence-electron chi connectivity index (χ2n) is 6.58. The summed E-state index contributed by atoms with van der Waals surface area (Å²) < 4.78 is 0. The fourth-order valence-electron chi connectivity index (χ4n) is 3.94. The summed E-state index contributed by atoms with van der Waals surface area (Å²) in [4.78, 5) is 0. The molecule has 0 aromatic carbocycles. The van der Waals surface area contributed by atoms with Gasteiger partial charge in [0.15, 0.2) is 0 Å². The van der Waals surface area contributed by atoms with Crippen molar-refractivity contribution in [1.29, 1.82) is 0 Å². The van der Waals surface area contributed by atoms with Crippen LogP contribution in [0.25, 0.3) is 0 Å². The molecule has 0 bridgehead atoms. The van der Waals surface area contributed by atoms with Crippen LogP contribution in [0.15, 0.2) is 0 Å². The van der Waals surface area contributed by atoms with Crippen LogP contribution in [0, 0.1) is 11.8 Å². The fraction of sp³-hybridized carbons (Fsp3) is 1.00. The van der Waals surface area contributed by atoms with Crippen LogP contribution >= 0.6 is 11.8 Å². The molecule has 2 aliphatic carbocycles. The van der Waals surface area contributed by atoms with Gasteiger partial charge in [-0.2, -0.15) is 11.8 Å². The first kappa shape index (κ1) is 14.7. The van der Waals surface area contributed by atoms with E-state index < -0.39 is 0 Å². The van der Waals surface area contributed by atoms with Crippen LogP contribution in [-0.2, 0) is 0 Å². The van der Waals surface area contributed by atoms with E-state index in [-0.39, 0.29) is 0 Å². The van der Waals surface area contributed by atoms with Gasteiger partial charge in [-0.1, -0.05) is 40.0 Å². The Hall–Kier alpha value is 0.310. The second kappa shape index (κ2) is 7.19. The Labute approximate surface area is 118 Å². The van der Waals surface area contributed by atoms with Crippen LogP contribution in [0.4, 0.5) is 0 Å². The van der Waals surface area contributed by atoms with Crippen LogP contribution in [-0.4, -0.2) is 23.1 Å². The Balaban J connectivity index is 1.92. The van der Waals surface area contributed by atoms with Crippen LogP contribution in [0.5, 0.6) is 0 Å². The van der Waals surface area contributed by atoms with Crippen molar-refractivity contribution in [2.24, 2.45) is 11.8 Å². The van der Waals surface area contributed by atoms with Crippen molar-refractivity contribution in [3.05, 3.63) is 0 Å². The lowest BCUT2D eigenvalue weighted by Gasteiger charge is -2.41. The van der Waals surface area contributed by atoms with Crippen molar-refractivity contribution < 1.29 is 0 Å². The average molecular weight is 269 g/mol. The summed E-state index contributed by atoms with van der Waals surface area (Å²) in [6, 6.07) is 0.765. The molecule has 4 atom stereocenters. The van der Waals surface area contributed by atoms with Crippen LogP contribution < -0.4 is 5.32 Å². The third-order valence-corrected chi connectivity index (χ3v) is 6.72. The van der Waals surface area contributed by atoms with Crippen molar-refractivity contribution in [3.63, 3.8) is 0 Å². The van der Waals surface area contributed by atoms with E-state index in [1.54, 1.807) is 0 Å². The summed E-state index contributed by atoms with van der Waals surface area (Å²) in [5.74, 6) is 1.80. The third-order valence-electron chi connectivity index (χ3n) is 4.76. The molecule has 0 spiro atoms. The number of rotatable bonds is 4. The van der Waals surface area contributed by atoms with E-state index in [0.29, 0.717) is 0 Å². The molecule has 0 aliphatic heterocycles. The highest BCUT2D eigenvalue weighted by Crippen LogP contribution is 2.41. The Bertz CT molecular complexity index is 237. The van der Waals surface area contributed by atoms with Gasteiger partial charge in [-0.05, 0) is 44.1 Å². The Morgan fingerprint density at radius 1 is 1.06 bits per heavy atom. The van der Waals surface area contributed by atoms with Crippen molar-refractivity contribution in [1.82, 2.24) is 5.32 Å². The molecule has 2 saturated carbocycles. The van der Waals surface area contributed by atoms with Crippen LogP contribution in [0.2, 0.25) is 0 Å². The molecule has 0 radical (unpaired) electrons. The van der Waals surface area contributed by atoms with Gasteiger partial charge in [-0.15, -0.1) is 0 Å². The maximum atomic E-state index is 3.76. The average Bonchev–Trinajstić information content (AvgIpc) is 2.35. The molecular formula is C16H31NS. The molecule has 2 fully saturated rings. The summed E-state index contributed by atoms with van der Waals surface area (Å²) in [7, 11) is 0. The monoisotopic (exact) mass is 269 g/mol. The number of hydrogen-bond donors (Lipinski definition) is 1. The highest BCUT2D eigenvalue weighted by Gasteiger charge is 2.35. The molecule has 2 rings (SSSR count). The quantitative estimate of drug-likeness (QED) is 0.808. The molecule has 0 saturated heterocycles. The zero-order chi connectivity index (χ0) is 13.0. The van der Waals surface area contributed by atoms with Gasteiger partial charge in [0.2, 0.25) is 0 Å². The van der Waals surface area contributed by atoms with Crippen molar-refractivity contribution in [2.45, 2.75) is 82.3 Å². The fourth-order valence-corrected chi connectivity index (χ4v) is 5.77. The summed E-state index contributed by atoms with van der Waals surface area (Å²) in [5.41, 5.74) is 0. The van der Waals surface area contributed by atoms with E-state index >= 15 is 0 Å². The van der Waals surface area contributed by atoms with E-state index in [0.717, 1.165) is 34.9 Å². The molecule has 0 aromatic heterocycles. The summed E-state index contributed by atoms with van der Waals surface area (Å²) in [6.07, 6.45) is 10.2. The van der Waals surface area contributed by atoms with E-state index in [9.17, 15) is 0 Å². The summed E-state index contributed by atoms with van der Waals surface area (Å²) in [5, 5.41) is 5.59. The van der Waals surface area contributed by atoms with Crippen LogP contribution in [0.3, 0.4) is 0 Å². The SMILES string of the molecule is CCNC1CC(C)CC(C)C1SC1CCCCC1. The predicted octanol–water partition coefficient (Wildman–Crippen LogP) is 4.47. The summed E-state index contributed by atoms with van der Waals surface area (Å²) >= 11 is 2.34. The largest absolute Gasteiger partial charge is 0.313 e. The number of thioether (sulfide) groups is 1. The predicted molar refractivity (Wildman–Crippen MR) is 83.3 cm³/mol. The zero-order valence-corrected chi connectivity index (χ0v) is 13.3. The molecular weight excluding hydrogens is 238 g/mol. The van der Waals surface area contributed by atoms with Crippen molar-refractivity contribution in [3.8, 4) is 0 Å². The number of hydrogen-bond acceptors (Lipinski definition) is 2. The first-order valence-corrected chi connectivity index (χ1v) is 9.03. The molecule has 4 unspecified atom stereocenters. The van der Waals surface area contributed by atoms with Gasteiger partial charge >= 0.3 is 0 Å². The lowest BCUT2D eigenvalue weighted by Crippen LogP contribution is -2.47. The van der Waals surface area contributed by atoms with Gasteiger partial charge in [-0.25, -0.2) is 0 Å². The smallest absolute Gasteiger partial charge is 0.0229 e. The molecule has 0 aromatic rings. The molecule has 2 aliphatic rings. The van der Waals surface area contributed by atoms with Crippen molar-refractivity contribution in [2.75, 3.05) is 6.54 Å². The Kier molecular flexibility index (Phi) is 5.88. The van der Waals surface area contributed by atoms with Gasteiger partial charge in [0.05, 0.1) is 0 Å². The van der Waals surface area contributed by atoms with E-state index in [4.69, 9.17) is 0 Å². The highest BCUT2D eigenvalue weighted by molar-refractivity contribution is 8.00. The van der Waals surface area contributed by atoms with Gasteiger partial charge in [0, 0.05) is 16.5 Å². The molecule has 1 nitrogen and oxygen atoms in total. The second-order valence-corrected chi connectivity index (χ2v) is 8.06. The number of nitrogens with one attached hydrogen (secondary N) is 1. The minimum Gasteiger partial charge on any atom is -0.313 e. The molecule has 0 amide bonds.